The Hall–Kier alpha value is -3.55. The zero-order valence-corrected chi connectivity index (χ0v) is 18.9. The predicted molar refractivity (Wildman–Crippen MR) is 126 cm³/mol. The third-order valence-electron chi connectivity index (χ3n) is 7.28. The highest BCUT2D eigenvalue weighted by molar-refractivity contribution is 5.79. The van der Waals surface area contributed by atoms with E-state index in [4.69, 9.17) is 4.74 Å². The second-order valence-electron chi connectivity index (χ2n) is 9.31. The minimum atomic E-state index is -0.871. The van der Waals surface area contributed by atoms with Crippen molar-refractivity contribution in [3.63, 3.8) is 0 Å². The van der Waals surface area contributed by atoms with Crippen LogP contribution in [0.3, 0.4) is 0 Å². The second-order valence-corrected chi connectivity index (χ2v) is 9.31. The molecule has 0 unspecified atom stereocenters. The molecule has 5 rings (SSSR count). The third kappa shape index (κ3) is 4.32. The maximum absolute atomic E-state index is 12.4. The molecule has 0 radical (unpaired) electrons. The molecule has 8 nitrogen and oxygen atoms in total. The Morgan fingerprint density at radius 3 is 2.12 bits per heavy atom. The number of carbonyl (C=O) groups excluding carboxylic acids is 2. The van der Waals surface area contributed by atoms with Crippen LogP contribution in [0.1, 0.15) is 49.1 Å². The molecule has 2 aromatic rings. The summed E-state index contributed by atoms with van der Waals surface area (Å²) in [6.45, 7) is 0.417. The number of benzene rings is 2. The van der Waals surface area contributed by atoms with E-state index in [0.29, 0.717) is 12.8 Å². The van der Waals surface area contributed by atoms with Crippen LogP contribution in [-0.2, 0) is 9.53 Å². The second kappa shape index (κ2) is 9.37. The molecule has 8 heteroatoms. The lowest BCUT2D eigenvalue weighted by Crippen LogP contribution is -2.52. The molecule has 3 aliphatic rings. The van der Waals surface area contributed by atoms with Gasteiger partial charge in [0.15, 0.2) is 0 Å². The Morgan fingerprint density at radius 2 is 1.53 bits per heavy atom. The van der Waals surface area contributed by atoms with Gasteiger partial charge in [-0.3, -0.25) is 4.79 Å². The molecule has 178 valence electrons. The van der Waals surface area contributed by atoms with Gasteiger partial charge in [-0.1, -0.05) is 48.5 Å². The quantitative estimate of drug-likeness (QED) is 0.605. The van der Waals surface area contributed by atoms with E-state index in [2.05, 4.69) is 34.9 Å². The van der Waals surface area contributed by atoms with Crippen LogP contribution in [-0.4, -0.2) is 59.4 Å². The van der Waals surface area contributed by atoms with Crippen LogP contribution in [0.2, 0.25) is 0 Å². The number of piperidine rings is 1. The molecule has 2 aromatic carbocycles. The number of rotatable bonds is 6. The highest BCUT2D eigenvalue weighted by Crippen LogP contribution is 2.44. The first-order valence-electron chi connectivity index (χ1n) is 11.9. The van der Waals surface area contributed by atoms with Gasteiger partial charge in [0.1, 0.15) is 6.61 Å². The number of amides is 3. The highest BCUT2D eigenvalue weighted by atomic mass is 16.5. The van der Waals surface area contributed by atoms with Gasteiger partial charge in [0, 0.05) is 37.0 Å². The Kier molecular flexibility index (Phi) is 6.13. The average Bonchev–Trinajstić information content (AvgIpc) is 3.29. The van der Waals surface area contributed by atoms with E-state index < -0.39 is 12.2 Å². The van der Waals surface area contributed by atoms with Crippen molar-refractivity contribution in [3.8, 4) is 11.1 Å². The van der Waals surface area contributed by atoms with Crippen molar-refractivity contribution in [2.75, 3.05) is 13.2 Å². The summed E-state index contributed by atoms with van der Waals surface area (Å²) in [5.74, 6) is -0.152. The summed E-state index contributed by atoms with van der Waals surface area (Å²) in [7, 11) is 0. The number of fused-ring (bicyclic) bond motifs is 5. The van der Waals surface area contributed by atoms with Crippen molar-refractivity contribution in [2.24, 2.45) is 0 Å². The van der Waals surface area contributed by atoms with E-state index in [0.717, 1.165) is 24.0 Å². The monoisotopic (exact) mass is 463 g/mol. The number of nitrogens with one attached hydrogen (secondary N) is 2. The molecule has 3 atom stereocenters. The van der Waals surface area contributed by atoms with Crippen LogP contribution in [0.15, 0.2) is 48.5 Å². The molecule has 0 aromatic heterocycles. The van der Waals surface area contributed by atoms with Crippen LogP contribution < -0.4 is 10.6 Å². The summed E-state index contributed by atoms with van der Waals surface area (Å²) < 4.78 is 5.50. The molecule has 3 amide bonds. The zero-order valence-electron chi connectivity index (χ0n) is 18.9. The molecular weight excluding hydrogens is 434 g/mol. The number of nitrogens with zero attached hydrogens (tertiary/aromatic N) is 1. The molecule has 34 heavy (non-hydrogen) atoms. The van der Waals surface area contributed by atoms with Gasteiger partial charge in [0.25, 0.3) is 0 Å². The molecule has 2 fully saturated rings. The molecule has 0 saturated carbocycles. The minimum absolute atomic E-state index is 0.00603. The van der Waals surface area contributed by atoms with Gasteiger partial charge in [-0.25, -0.2) is 9.59 Å². The number of hydrogen-bond donors (Lipinski definition) is 3. The van der Waals surface area contributed by atoms with Gasteiger partial charge < -0.3 is 25.4 Å². The van der Waals surface area contributed by atoms with Gasteiger partial charge in [-0.15, -0.1) is 0 Å². The summed E-state index contributed by atoms with van der Waals surface area (Å²) >= 11 is 0. The lowest BCUT2D eigenvalue weighted by molar-refractivity contribution is -0.122. The van der Waals surface area contributed by atoms with E-state index >= 15 is 0 Å². The summed E-state index contributed by atoms with van der Waals surface area (Å²) in [5, 5.41) is 15.0. The van der Waals surface area contributed by atoms with Gasteiger partial charge in [-0.05, 0) is 47.9 Å². The van der Waals surface area contributed by atoms with Crippen LogP contribution in [0, 0.1) is 0 Å². The molecule has 1 aliphatic carbocycles. The van der Waals surface area contributed by atoms with E-state index in [1.807, 2.05) is 24.3 Å². The fraction of sp³-hybridized carbons (Fsp3) is 0.423. The maximum atomic E-state index is 12.4. The van der Waals surface area contributed by atoms with Crippen molar-refractivity contribution in [2.45, 2.75) is 56.1 Å². The zero-order chi connectivity index (χ0) is 23.7. The first-order valence-corrected chi connectivity index (χ1v) is 11.9. The molecule has 2 aliphatic heterocycles. The number of carboxylic acid groups (broad SMARTS) is 1. The summed E-state index contributed by atoms with van der Waals surface area (Å²) in [6, 6.07) is 16.3. The molecule has 2 bridgehead atoms. The number of carbonyl (C=O) groups is 3. The van der Waals surface area contributed by atoms with Crippen LogP contribution in [0.5, 0.6) is 0 Å². The van der Waals surface area contributed by atoms with E-state index in [9.17, 15) is 19.5 Å². The fourth-order valence-electron chi connectivity index (χ4n) is 5.83. The Labute approximate surface area is 198 Å². The van der Waals surface area contributed by atoms with Gasteiger partial charge >= 0.3 is 12.2 Å². The topological polar surface area (TPSA) is 108 Å². The Balaban J connectivity index is 1.06. The van der Waals surface area contributed by atoms with Crippen molar-refractivity contribution < 1.29 is 24.2 Å². The fourth-order valence-corrected chi connectivity index (χ4v) is 5.83. The molecule has 2 saturated heterocycles. The Morgan fingerprint density at radius 1 is 0.941 bits per heavy atom. The highest BCUT2D eigenvalue weighted by Gasteiger charge is 2.43. The van der Waals surface area contributed by atoms with Gasteiger partial charge in [-0.2, -0.15) is 0 Å². The maximum Gasteiger partial charge on any atom is 0.407 e. The standard InChI is InChI=1S/C26H29N3O5/c30-24(28-16-13-17-9-10-18(14-16)29(17)26(32)33)11-12-27-25(31)34-15-23-21-7-3-1-5-19(21)20-6-2-4-8-22(20)23/h1-8,16-18,23H,9-15H2,(H,27,31)(H,28,30)(H,32,33)/t16-,17-,18+. The lowest BCUT2D eigenvalue weighted by atomic mass is 9.97. The summed E-state index contributed by atoms with van der Waals surface area (Å²) in [6.07, 6.45) is 1.74. The lowest BCUT2D eigenvalue weighted by Gasteiger charge is -2.37. The van der Waals surface area contributed by atoms with Gasteiger partial charge in [0.05, 0.1) is 0 Å². The average molecular weight is 464 g/mol. The van der Waals surface area contributed by atoms with E-state index in [1.54, 1.807) is 4.90 Å². The summed E-state index contributed by atoms with van der Waals surface area (Å²) in [5.41, 5.74) is 4.65. The van der Waals surface area contributed by atoms with Crippen molar-refractivity contribution in [1.29, 1.82) is 0 Å². The minimum Gasteiger partial charge on any atom is -0.465 e. The van der Waals surface area contributed by atoms with Gasteiger partial charge in [0.2, 0.25) is 5.91 Å². The van der Waals surface area contributed by atoms with E-state index in [1.165, 1.54) is 11.1 Å². The van der Waals surface area contributed by atoms with Crippen LogP contribution in [0.25, 0.3) is 11.1 Å². The molecule has 2 heterocycles. The summed E-state index contributed by atoms with van der Waals surface area (Å²) in [4.78, 5) is 37.6. The van der Waals surface area contributed by atoms with Crippen molar-refractivity contribution in [1.82, 2.24) is 15.5 Å². The molecule has 3 N–H and O–H groups in total. The first kappa shape index (κ1) is 22.3. The number of alkyl carbamates (subject to hydrolysis) is 1. The van der Waals surface area contributed by atoms with E-state index in [-0.39, 0.29) is 49.5 Å². The smallest absolute Gasteiger partial charge is 0.407 e. The van der Waals surface area contributed by atoms with Crippen molar-refractivity contribution in [3.05, 3.63) is 59.7 Å². The predicted octanol–water partition coefficient (Wildman–Crippen LogP) is 3.70. The normalized spacial score (nSPS) is 22.6. The van der Waals surface area contributed by atoms with Crippen LogP contribution >= 0.6 is 0 Å². The largest absolute Gasteiger partial charge is 0.465 e. The number of hydrogen-bond acceptors (Lipinski definition) is 4. The molecular formula is C26H29N3O5. The molecule has 0 spiro atoms. The third-order valence-corrected chi connectivity index (χ3v) is 7.28. The van der Waals surface area contributed by atoms with Crippen molar-refractivity contribution >= 4 is 18.1 Å². The number of ether oxygens (including phenoxy) is 1. The Bertz CT molecular complexity index is 1040. The first-order chi connectivity index (χ1) is 16.5. The SMILES string of the molecule is O=C(CCNC(=O)OCC1c2ccccc2-c2ccccc21)N[C@@H]1C[C@H]2CC[C@@H](C1)N2C(=O)O. The van der Waals surface area contributed by atoms with Crippen LogP contribution in [0.4, 0.5) is 9.59 Å².